The Morgan fingerprint density at radius 2 is 1.89 bits per heavy atom. The maximum absolute atomic E-state index is 12.9. The first-order valence-corrected chi connectivity index (χ1v) is 8.48. The molecule has 0 aromatic heterocycles. The van der Waals surface area contributed by atoms with E-state index in [1.54, 1.807) is 36.4 Å². The maximum atomic E-state index is 12.9. The zero-order chi connectivity index (χ0) is 20.1. The number of hydrogen-bond donors (Lipinski definition) is 2. The lowest BCUT2D eigenvalue weighted by atomic mass is 10.1. The molecule has 1 aliphatic heterocycles. The van der Waals surface area contributed by atoms with E-state index in [4.69, 9.17) is 9.84 Å². The summed E-state index contributed by atoms with van der Waals surface area (Å²) in [6.07, 6.45) is -1.06. The fourth-order valence-electron chi connectivity index (χ4n) is 2.81. The average molecular weight is 392 g/mol. The van der Waals surface area contributed by atoms with E-state index in [1.807, 2.05) is 0 Å². The summed E-state index contributed by atoms with van der Waals surface area (Å²) in [5.41, 5.74) is 1.45. The Bertz CT molecular complexity index is 844. The molecule has 1 unspecified atom stereocenters. The molecule has 9 heteroatoms. The fraction of sp³-hybridized carbons (Fsp3) is 0.263. The van der Waals surface area contributed by atoms with Gasteiger partial charge in [0.2, 0.25) is 0 Å². The van der Waals surface area contributed by atoms with E-state index in [2.05, 4.69) is 10.1 Å². The second-order valence-electron chi connectivity index (χ2n) is 6.02. The number of benzene rings is 2. The van der Waals surface area contributed by atoms with Gasteiger partial charge < -0.3 is 24.8 Å². The highest BCUT2D eigenvalue weighted by molar-refractivity contribution is 6.00. The van der Waals surface area contributed by atoms with Gasteiger partial charge in [-0.1, -0.05) is 12.1 Å². The van der Waals surface area contributed by atoms with Crippen molar-refractivity contribution in [1.82, 2.24) is 4.90 Å². The first-order valence-electron chi connectivity index (χ1n) is 8.48. The van der Waals surface area contributed by atoms with E-state index >= 15 is 0 Å². The summed E-state index contributed by atoms with van der Waals surface area (Å²) in [5.74, 6) is -1.41. The number of aliphatic carboxylic acids is 1. The Balaban J connectivity index is 1.75. The molecule has 0 bridgehead atoms. The number of carbonyl (C=O) groups is 2. The number of morpholine rings is 1. The number of rotatable bonds is 6. The van der Waals surface area contributed by atoms with Gasteiger partial charge >= 0.3 is 12.6 Å². The molecule has 2 N–H and O–H groups in total. The molecule has 1 saturated heterocycles. The van der Waals surface area contributed by atoms with Gasteiger partial charge in [-0.2, -0.15) is 8.78 Å². The van der Waals surface area contributed by atoms with Crippen LogP contribution in [0, 0.1) is 0 Å². The number of nitrogens with zero attached hydrogens (tertiary/aromatic N) is 1. The molecule has 148 valence electrons. The minimum absolute atomic E-state index is 0.0259. The first kappa shape index (κ1) is 19.6. The van der Waals surface area contributed by atoms with Crippen molar-refractivity contribution in [1.29, 1.82) is 0 Å². The number of nitrogens with one attached hydrogen (secondary N) is 1. The number of carboxylic acid groups (broad SMARTS) is 1. The van der Waals surface area contributed by atoms with Gasteiger partial charge in [-0.05, 0) is 36.4 Å². The van der Waals surface area contributed by atoms with Crippen molar-refractivity contribution in [3.05, 3.63) is 54.1 Å². The lowest BCUT2D eigenvalue weighted by molar-refractivity contribution is -0.154. The molecule has 0 saturated carbocycles. The number of ether oxygens (including phenoxy) is 2. The minimum atomic E-state index is -2.90. The van der Waals surface area contributed by atoms with Crippen LogP contribution in [0.3, 0.4) is 0 Å². The largest absolute Gasteiger partial charge is 0.479 e. The predicted octanol–water partition coefficient (Wildman–Crippen LogP) is 2.96. The van der Waals surface area contributed by atoms with Crippen molar-refractivity contribution in [2.45, 2.75) is 12.7 Å². The molecule has 0 aliphatic carbocycles. The van der Waals surface area contributed by atoms with E-state index in [-0.39, 0.29) is 31.4 Å². The van der Waals surface area contributed by atoms with Crippen LogP contribution < -0.4 is 10.1 Å². The molecule has 1 heterocycles. The van der Waals surface area contributed by atoms with Gasteiger partial charge in [-0.3, -0.25) is 4.79 Å². The minimum Gasteiger partial charge on any atom is -0.479 e. The highest BCUT2D eigenvalue weighted by Crippen LogP contribution is 2.25. The molecule has 0 radical (unpaired) electrons. The van der Waals surface area contributed by atoms with E-state index < -0.39 is 18.7 Å². The highest BCUT2D eigenvalue weighted by Gasteiger charge is 2.30. The van der Waals surface area contributed by atoms with Gasteiger partial charge in [-0.15, -0.1) is 0 Å². The monoisotopic (exact) mass is 392 g/mol. The molecule has 28 heavy (non-hydrogen) atoms. The molecule has 1 aliphatic rings. The van der Waals surface area contributed by atoms with Gasteiger partial charge in [0.1, 0.15) is 5.75 Å². The Morgan fingerprint density at radius 1 is 1.18 bits per heavy atom. The second kappa shape index (κ2) is 8.66. The molecule has 1 fully saturated rings. The van der Waals surface area contributed by atoms with E-state index in [0.29, 0.717) is 16.9 Å². The van der Waals surface area contributed by atoms with Gasteiger partial charge in [-0.25, -0.2) is 4.79 Å². The number of amides is 1. The second-order valence-corrected chi connectivity index (χ2v) is 6.02. The van der Waals surface area contributed by atoms with Gasteiger partial charge in [0, 0.05) is 12.2 Å². The summed E-state index contributed by atoms with van der Waals surface area (Å²) in [4.78, 5) is 25.5. The Hall–Kier alpha value is -3.20. The number of carbonyl (C=O) groups excluding carboxylic acids is 1. The molecule has 1 amide bonds. The Labute approximate surface area is 159 Å². The zero-order valence-corrected chi connectivity index (χ0v) is 14.7. The van der Waals surface area contributed by atoms with Crippen LogP contribution >= 0.6 is 0 Å². The van der Waals surface area contributed by atoms with E-state index in [0.717, 1.165) is 0 Å². The van der Waals surface area contributed by atoms with Crippen molar-refractivity contribution >= 4 is 23.3 Å². The number of hydrogen-bond acceptors (Lipinski definition) is 5. The first-order chi connectivity index (χ1) is 13.4. The Morgan fingerprint density at radius 3 is 2.57 bits per heavy atom. The summed E-state index contributed by atoms with van der Waals surface area (Å²) < 4.78 is 33.9. The van der Waals surface area contributed by atoms with Crippen LogP contribution in [0.2, 0.25) is 0 Å². The summed E-state index contributed by atoms with van der Waals surface area (Å²) in [6, 6.07) is 12.6. The van der Waals surface area contributed by atoms with Crippen molar-refractivity contribution in [2.75, 3.05) is 25.0 Å². The van der Waals surface area contributed by atoms with Crippen molar-refractivity contribution in [3.63, 3.8) is 0 Å². The quantitative estimate of drug-likeness (QED) is 0.786. The number of para-hydroxylation sites is 1. The van der Waals surface area contributed by atoms with Crippen molar-refractivity contribution in [2.24, 2.45) is 0 Å². The zero-order valence-electron chi connectivity index (χ0n) is 14.7. The van der Waals surface area contributed by atoms with Crippen LogP contribution in [-0.2, 0) is 9.53 Å². The lowest BCUT2D eigenvalue weighted by Gasteiger charge is -2.31. The molecule has 2 aromatic rings. The molecule has 7 nitrogen and oxygen atoms in total. The number of anilines is 2. The fourth-order valence-corrected chi connectivity index (χ4v) is 2.81. The number of alkyl halides is 2. The topological polar surface area (TPSA) is 88.1 Å². The SMILES string of the molecule is O=C(O)C1CN(C(=O)c2ccccc2Nc2ccc(OC(F)F)cc2)CCO1. The van der Waals surface area contributed by atoms with Crippen LogP contribution in [0.25, 0.3) is 0 Å². The number of halogens is 2. The summed E-state index contributed by atoms with van der Waals surface area (Å²) in [5, 5.41) is 12.2. The normalized spacial score (nSPS) is 16.7. The van der Waals surface area contributed by atoms with Gasteiger partial charge in [0.15, 0.2) is 6.10 Å². The Kier molecular flexibility index (Phi) is 6.05. The van der Waals surface area contributed by atoms with Crippen LogP contribution in [-0.4, -0.2) is 54.3 Å². The number of carboxylic acids is 1. The van der Waals surface area contributed by atoms with Crippen LogP contribution in [0.5, 0.6) is 5.75 Å². The average Bonchev–Trinajstić information content (AvgIpc) is 2.69. The predicted molar refractivity (Wildman–Crippen MR) is 96.1 cm³/mol. The standard InChI is InChI=1S/C19H18F2N2O5/c20-19(21)28-13-7-5-12(6-8-13)22-15-4-2-1-3-14(15)17(24)23-9-10-27-16(11-23)18(25)26/h1-8,16,19,22H,9-11H2,(H,25,26). The highest BCUT2D eigenvalue weighted by atomic mass is 19.3. The van der Waals surface area contributed by atoms with Gasteiger partial charge in [0.25, 0.3) is 5.91 Å². The van der Waals surface area contributed by atoms with Crippen LogP contribution in [0.1, 0.15) is 10.4 Å². The third-order valence-corrected chi connectivity index (χ3v) is 4.15. The summed E-state index contributed by atoms with van der Waals surface area (Å²) in [6.45, 7) is -2.51. The van der Waals surface area contributed by atoms with Crippen LogP contribution in [0.4, 0.5) is 20.2 Å². The smallest absolute Gasteiger partial charge is 0.387 e. The molecule has 2 aromatic carbocycles. The third kappa shape index (κ3) is 4.74. The maximum Gasteiger partial charge on any atom is 0.387 e. The molecular formula is C19H18F2N2O5. The third-order valence-electron chi connectivity index (χ3n) is 4.15. The van der Waals surface area contributed by atoms with Gasteiger partial charge in [0.05, 0.1) is 24.4 Å². The molecule has 0 spiro atoms. The van der Waals surface area contributed by atoms with Crippen molar-refractivity contribution in [3.8, 4) is 5.75 Å². The molecular weight excluding hydrogens is 374 g/mol. The van der Waals surface area contributed by atoms with E-state index in [1.165, 1.54) is 17.0 Å². The summed E-state index contributed by atoms with van der Waals surface area (Å²) in [7, 11) is 0. The molecule has 1 atom stereocenters. The van der Waals surface area contributed by atoms with E-state index in [9.17, 15) is 18.4 Å². The van der Waals surface area contributed by atoms with Crippen LogP contribution in [0.15, 0.2) is 48.5 Å². The lowest BCUT2D eigenvalue weighted by Crippen LogP contribution is -2.48. The summed E-state index contributed by atoms with van der Waals surface area (Å²) >= 11 is 0. The van der Waals surface area contributed by atoms with Crippen molar-refractivity contribution < 1.29 is 33.0 Å². The molecule has 3 rings (SSSR count).